The van der Waals surface area contributed by atoms with Crippen molar-refractivity contribution in [2.24, 2.45) is 0 Å². The molecule has 0 unspecified atom stereocenters. The van der Waals surface area contributed by atoms with E-state index in [1.807, 2.05) is 49.6 Å². The number of carbonyl (C=O) groups excluding carboxylic acids is 1. The standard InChI is InChI=1S/C26H19F2N3O2S3/c1-15-5-10-21(16(2)12-15)31-24(33)22(13-19-4-3-11-34-19)36-25(31)20(14-29)23(32)30-17-6-8-18(9-7-17)35-26(27)28/h3-13,26H,1-2H3,(H,30,32). The molecule has 0 aliphatic heterocycles. The van der Waals surface area contributed by atoms with Gasteiger partial charge >= 0.3 is 0 Å². The lowest BCUT2D eigenvalue weighted by Crippen LogP contribution is -2.32. The fourth-order valence-corrected chi connectivity index (χ4v) is 5.85. The average molecular weight is 540 g/mol. The summed E-state index contributed by atoms with van der Waals surface area (Å²) in [6, 6.07) is 17.2. The molecule has 0 aliphatic rings. The van der Waals surface area contributed by atoms with Crippen molar-refractivity contribution in [3.63, 3.8) is 0 Å². The Morgan fingerprint density at radius 1 is 1.17 bits per heavy atom. The highest BCUT2D eigenvalue weighted by Gasteiger charge is 2.18. The van der Waals surface area contributed by atoms with Crippen LogP contribution in [0.2, 0.25) is 0 Å². The summed E-state index contributed by atoms with van der Waals surface area (Å²) < 4.78 is 27.2. The van der Waals surface area contributed by atoms with Crippen molar-refractivity contribution in [1.82, 2.24) is 4.57 Å². The van der Waals surface area contributed by atoms with Gasteiger partial charge in [-0.25, -0.2) is 0 Å². The number of anilines is 1. The first-order valence-electron chi connectivity index (χ1n) is 10.6. The van der Waals surface area contributed by atoms with Crippen molar-refractivity contribution in [3.8, 4) is 11.8 Å². The zero-order valence-corrected chi connectivity index (χ0v) is 21.6. The van der Waals surface area contributed by atoms with Gasteiger partial charge < -0.3 is 5.32 Å². The van der Waals surface area contributed by atoms with Crippen LogP contribution in [0.25, 0.3) is 17.3 Å². The summed E-state index contributed by atoms with van der Waals surface area (Å²) in [7, 11) is 0. The minimum atomic E-state index is -2.55. The van der Waals surface area contributed by atoms with E-state index in [1.54, 1.807) is 12.1 Å². The number of aryl methyl sites for hydroxylation is 2. The van der Waals surface area contributed by atoms with Crippen LogP contribution in [0, 0.1) is 25.2 Å². The molecule has 4 aromatic rings. The van der Waals surface area contributed by atoms with Crippen LogP contribution in [0.5, 0.6) is 0 Å². The van der Waals surface area contributed by atoms with E-state index in [2.05, 4.69) is 5.32 Å². The molecule has 0 spiro atoms. The molecule has 0 saturated heterocycles. The molecule has 0 atom stereocenters. The number of hydrogen-bond donors (Lipinski definition) is 1. The van der Waals surface area contributed by atoms with Gasteiger partial charge in [-0.3, -0.25) is 14.2 Å². The van der Waals surface area contributed by atoms with E-state index in [0.717, 1.165) is 27.3 Å². The smallest absolute Gasteiger partial charge is 0.288 e. The molecule has 2 aromatic carbocycles. The first kappa shape index (κ1) is 25.6. The molecule has 0 saturated carbocycles. The Balaban J connectivity index is 1.86. The minimum absolute atomic E-state index is 0.208. The molecule has 0 fully saturated rings. The van der Waals surface area contributed by atoms with E-state index in [0.29, 0.717) is 32.6 Å². The van der Waals surface area contributed by atoms with Gasteiger partial charge in [0.25, 0.3) is 17.2 Å². The average Bonchev–Trinajstić information content (AvgIpc) is 3.44. The number of nitrogens with zero attached hydrogens (tertiary/aromatic N) is 2. The molecule has 0 bridgehead atoms. The second-order valence-corrected chi connectivity index (χ2v) is 10.8. The summed E-state index contributed by atoms with van der Waals surface area (Å²) in [5.74, 6) is -3.25. The van der Waals surface area contributed by atoms with Crippen LogP contribution < -0.4 is 20.1 Å². The summed E-state index contributed by atoms with van der Waals surface area (Å²) in [5, 5.41) is 14.5. The third kappa shape index (κ3) is 5.65. The lowest BCUT2D eigenvalue weighted by atomic mass is 10.1. The molecule has 182 valence electrons. The number of nitrogens with one attached hydrogen (secondary N) is 1. The number of thiophene rings is 1. The van der Waals surface area contributed by atoms with Crippen LogP contribution in [0.4, 0.5) is 14.5 Å². The van der Waals surface area contributed by atoms with Crippen molar-refractivity contribution in [2.45, 2.75) is 24.5 Å². The summed E-state index contributed by atoms with van der Waals surface area (Å²) in [6.45, 7) is 3.80. The summed E-state index contributed by atoms with van der Waals surface area (Å²) in [4.78, 5) is 27.9. The van der Waals surface area contributed by atoms with E-state index in [-0.39, 0.29) is 15.8 Å². The lowest BCUT2D eigenvalue weighted by Gasteiger charge is -2.09. The van der Waals surface area contributed by atoms with Crippen molar-refractivity contribution in [3.05, 3.63) is 95.5 Å². The summed E-state index contributed by atoms with van der Waals surface area (Å²) >= 11 is 2.94. The molecule has 0 radical (unpaired) electrons. The molecule has 5 nitrogen and oxygen atoms in total. The van der Waals surface area contributed by atoms with Gasteiger partial charge in [0.15, 0.2) is 5.57 Å². The molecule has 2 aromatic heterocycles. The van der Waals surface area contributed by atoms with Gasteiger partial charge in [-0.15, -0.1) is 22.7 Å². The zero-order valence-electron chi connectivity index (χ0n) is 19.1. The number of hydrogen-bond acceptors (Lipinski definition) is 6. The number of rotatable bonds is 6. The van der Waals surface area contributed by atoms with Crippen LogP contribution in [0.1, 0.15) is 16.0 Å². The van der Waals surface area contributed by atoms with E-state index in [1.165, 1.54) is 40.2 Å². The molecule has 2 heterocycles. The monoisotopic (exact) mass is 539 g/mol. The Labute approximate surface area is 217 Å². The molecule has 1 amide bonds. The van der Waals surface area contributed by atoms with Crippen molar-refractivity contribution >= 4 is 57.7 Å². The number of halogens is 2. The predicted octanol–water partition coefficient (Wildman–Crippen LogP) is 5.03. The van der Waals surface area contributed by atoms with Gasteiger partial charge in [-0.1, -0.05) is 35.5 Å². The van der Waals surface area contributed by atoms with Crippen molar-refractivity contribution in [1.29, 1.82) is 5.26 Å². The van der Waals surface area contributed by atoms with Crippen LogP contribution in [0.15, 0.2) is 69.7 Å². The van der Waals surface area contributed by atoms with Gasteiger partial charge in [0.05, 0.1) is 10.2 Å². The van der Waals surface area contributed by atoms with Crippen LogP contribution in [-0.4, -0.2) is 16.2 Å². The molecule has 10 heteroatoms. The topological polar surface area (TPSA) is 74.9 Å². The molecule has 4 rings (SSSR count). The first-order valence-corrected chi connectivity index (χ1v) is 13.2. The van der Waals surface area contributed by atoms with Crippen molar-refractivity contribution < 1.29 is 13.6 Å². The molecule has 0 aliphatic carbocycles. The number of thioether (sulfide) groups is 1. The second-order valence-electron chi connectivity index (χ2n) is 7.71. The van der Waals surface area contributed by atoms with Crippen LogP contribution in [0.3, 0.4) is 0 Å². The van der Waals surface area contributed by atoms with Gasteiger partial charge in [-0.05, 0) is 67.3 Å². The molecule has 1 N–H and O–H groups in total. The largest absolute Gasteiger partial charge is 0.321 e. The maximum absolute atomic E-state index is 13.5. The Morgan fingerprint density at radius 3 is 2.53 bits per heavy atom. The quantitative estimate of drug-likeness (QED) is 0.349. The third-order valence-electron chi connectivity index (χ3n) is 5.12. The van der Waals surface area contributed by atoms with Gasteiger partial charge in [0.2, 0.25) is 0 Å². The number of amides is 1. The zero-order chi connectivity index (χ0) is 25.8. The lowest BCUT2D eigenvalue weighted by molar-refractivity contribution is -0.111. The fourth-order valence-electron chi connectivity index (χ4n) is 3.54. The maximum Gasteiger partial charge on any atom is 0.288 e. The highest BCUT2D eigenvalue weighted by molar-refractivity contribution is 7.99. The summed E-state index contributed by atoms with van der Waals surface area (Å²) in [5.41, 5.74) is 2.20. The minimum Gasteiger partial charge on any atom is -0.321 e. The number of alkyl halides is 2. The number of aromatic nitrogens is 1. The van der Waals surface area contributed by atoms with Crippen molar-refractivity contribution in [2.75, 3.05) is 5.32 Å². The van der Waals surface area contributed by atoms with Crippen LogP contribution in [-0.2, 0) is 4.79 Å². The predicted molar refractivity (Wildman–Crippen MR) is 142 cm³/mol. The van der Waals surface area contributed by atoms with E-state index in [9.17, 15) is 23.6 Å². The Kier molecular flexibility index (Phi) is 7.84. The van der Waals surface area contributed by atoms with E-state index < -0.39 is 11.7 Å². The SMILES string of the molecule is Cc1ccc(-n2c(=C(C#N)C(=O)Nc3ccc(SC(F)F)cc3)sc(=Cc3cccs3)c2=O)c(C)c1. The maximum atomic E-state index is 13.5. The van der Waals surface area contributed by atoms with Gasteiger partial charge in [0, 0.05) is 15.5 Å². The van der Waals surface area contributed by atoms with E-state index in [4.69, 9.17) is 0 Å². The Morgan fingerprint density at radius 2 is 1.92 bits per heavy atom. The number of carbonyl (C=O) groups is 1. The summed E-state index contributed by atoms with van der Waals surface area (Å²) in [6.07, 6.45) is 1.74. The van der Waals surface area contributed by atoms with Gasteiger partial charge in [-0.2, -0.15) is 14.0 Å². The highest BCUT2D eigenvalue weighted by atomic mass is 32.2. The van der Waals surface area contributed by atoms with E-state index >= 15 is 0 Å². The highest BCUT2D eigenvalue weighted by Crippen LogP contribution is 2.26. The Bertz CT molecular complexity index is 1630. The van der Waals surface area contributed by atoms with Gasteiger partial charge in [0.1, 0.15) is 10.7 Å². The molecular formula is C26H19F2N3O2S3. The first-order chi connectivity index (χ1) is 17.3. The number of nitriles is 1. The number of thiazole rings is 1. The molecule has 36 heavy (non-hydrogen) atoms. The fraction of sp³-hybridized carbons (Fsp3) is 0.115. The van der Waals surface area contributed by atoms with Crippen LogP contribution >= 0.6 is 34.4 Å². The Hall–Kier alpha value is -3.52. The number of benzene rings is 2. The third-order valence-corrected chi connectivity index (χ3v) is 7.76. The molecular weight excluding hydrogens is 521 g/mol. The second kappa shape index (κ2) is 11.0. The normalized spacial score (nSPS) is 12.5.